The van der Waals surface area contributed by atoms with E-state index in [9.17, 15) is 9.90 Å². The lowest BCUT2D eigenvalue weighted by atomic mass is 9.89. The van der Waals surface area contributed by atoms with E-state index < -0.39 is 5.97 Å². The largest absolute Gasteiger partial charge is 0.480 e. The van der Waals surface area contributed by atoms with Crippen molar-refractivity contribution in [1.29, 1.82) is 0 Å². The third-order valence-corrected chi connectivity index (χ3v) is 3.48. The zero-order chi connectivity index (χ0) is 12.0. The fourth-order valence-electron chi connectivity index (χ4n) is 2.39. The molecule has 4 heteroatoms. The number of piperidine rings is 1. The van der Waals surface area contributed by atoms with Gasteiger partial charge in [0.2, 0.25) is 0 Å². The van der Waals surface area contributed by atoms with Crippen LogP contribution in [0.15, 0.2) is 0 Å². The number of carboxylic acid groups (broad SMARTS) is 1. The Morgan fingerprint density at radius 3 is 2.88 bits per heavy atom. The summed E-state index contributed by atoms with van der Waals surface area (Å²) in [7, 11) is 1.68. The van der Waals surface area contributed by atoms with Gasteiger partial charge in [-0.1, -0.05) is 13.3 Å². The van der Waals surface area contributed by atoms with E-state index in [1.165, 1.54) is 0 Å². The maximum absolute atomic E-state index is 11.2. The molecule has 0 radical (unpaired) electrons. The molecular weight excluding hydrogens is 206 g/mol. The van der Waals surface area contributed by atoms with Gasteiger partial charge in [0, 0.05) is 20.3 Å². The van der Waals surface area contributed by atoms with E-state index in [1.54, 1.807) is 7.11 Å². The van der Waals surface area contributed by atoms with Crippen molar-refractivity contribution in [3.63, 3.8) is 0 Å². The molecule has 1 saturated heterocycles. The number of hydrogen-bond acceptors (Lipinski definition) is 3. The maximum Gasteiger partial charge on any atom is 0.320 e. The zero-order valence-corrected chi connectivity index (χ0v) is 10.3. The Balaban J connectivity index is 2.45. The van der Waals surface area contributed by atoms with E-state index in [0.717, 1.165) is 38.8 Å². The molecule has 0 aromatic rings. The van der Waals surface area contributed by atoms with E-state index in [1.807, 2.05) is 0 Å². The molecule has 94 valence electrons. The van der Waals surface area contributed by atoms with Crippen molar-refractivity contribution < 1.29 is 14.6 Å². The lowest BCUT2D eigenvalue weighted by molar-refractivity contribution is -0.145. The van der Waals surface area contributed by atoms with Crippen LogP contribution in [0.5, 0.6) is 0 Å². The molecule has 1 aliphatic rings. The Morgan fingerprint density at radius 2 is 2.31 bits per heavy atom. The highest BCUT2D eigenvalue weighted by molar-refractivity contribution is 5.73. The fourth-order valence-corrected chi connectivity index (χ4v) is 2.39. The van der Waals surface area contributed by atoms with Gasteiger partial charge in [0.1, 0.15) is 6.04 Å². The van der Waals surface area contributed by atoms with Crippen LogP contribution < -0.4 is 0 Å². The zero-order valence-electron chi connectivity index (χ0n) is 10.3. The first-order valence-electron chi connectivity index (χ1n) is 6.14. The van der Waals surface area contributed by atoms with Crippen molar-refractivity contribution >= 4 is 5.97 Å². The predicted molar refractivity (Wildman–Crippen MR) is 62.5 cm³/mol. The molecule has 0 aliphatic carbocycles. The summed E-state index contributed by atoms with van der Waals surface area (Å²) >= 11 is 0. The average molecular weight is 229 g/mol. The van der Waals surface area contributed by atoms with Crippen LogP contribution in [0.3, 0.4) is 0 Å². The minimum atomic E-state index is -0.671. The highest BCUT2D eigenvalue weighted by Crippen LogP contribution is 2.25. The first-order valence-corrected chi connectivity index (χ1v) is 6.14. The van der Waals surface area contributed by atoms with Gasteiger partial charge >= 0.3 is 5.97 Å². The monoisotopic (exact) mass is 229 g/mol. The number of hydrogen-bond donors (Lipinski definition) is 1. The highest BCUT2D eigenvalue weighted by atomic mass is 16.5. The number of rotatable bonds is 6. The van der Waals surface area contributed by atoms with E-state index in [4.69, 9.17) is 4.74 Å². The molecule has 2 unspecified atom stereocenters. The van der Waals surface area contributed by atoms with Crippen LogP contribution in [0.1, 0.15) is 32.6 Å². The molecule has 1 heterocycles. The minimum absolute atomic E-state index is 0.282. The number of methoxy groups -OCH3 is 1. The molecule has 2 atom stereocenters. The Hall–Kier alpha value is -0.610. The van der Waals surface area contributed by atoms with Crippen LogP contribution in [-0.4, -0.2) is 48.8 Å². The van der Waals surface area contributed by atoms with E-state index in [2.05, 4.69) is 11.8 Å². The summed E-state index contributed by atoms with van der Waals surface area (Å²) < 4.78 is 5.00. The van der Waals surface area contributed by atoms with Gasteiger partial charge in [-0.05, 0) is 31.7 Å². The van der Waals surface area contributed by atoms with Crippen LogP contribution in [0.25, 0.3) is 0 Å². The summed E-state index contributed by atoms with van der Waals surface area (Å²) in [6.45, 7) is 4.60. The molecule has 16 heavy (non-hydrogen) atoms. The summed E-state index contributed by atoms with van der Waals surface area (Å²) in [5.41, 5.74) is 0. The SMILES string of the molecule is CCC1CCN(CCCOC)C(C(=O)O)C1. The lowest BCUT2D eigenvalue weighted by Crippen LogP contribution is -2.47. The second-order valence-electron chi connectivity index (χ2n) is 4.54. The summed E-state index contributed by atoms with van der Waals surface area (Å²) in [6.07, 6.45) is 3.94. The van der Waals surface area contributed by atoms with Crippen LogP contribution in [0.4, 0.5) is 0 Å². The second kappa shape index (κ2) is 6.86. The molecule has 0 amide bonds. The molecule has 1 rings (SSSR count). The number of ether oxygens (including phenoxy) is 1. The third kappa shape index (κ3) is 3.76. The molecule has 0 aromatic heterocycles. The Labute approximate surface area is 97.6 Å². The normalized spacial score (nSPS) is 26.9. The van der Waals surface area contributed by atoms with Gasteiger partial charge in [-0.25, -0.2) is 0 Å². The Morgan fingerprint density at radius 1 is 1.56 bits per heavy atom. The minimum Gasteiger partial charge on any atom is -0.480 e. The molecule has 1 aliphatic heterocycles. The van der Waals surface area contributed by atoms with Crippen LogP contribution in [-0.2, 0) is 9.53 Å². The molecule has 4 nitrogen and oxygen atoms in total. The molecule has 0 spiro atoms. The predicted octanol–water partition coefficient (Wildman–Crippen LogP) is 1.60. The molecular formula is C12H23NO3. The van der Waals surface area contributed by atoms with Crippen molar-refractivity contribution in [2.75, 3.05) is 26.8 Å². The van der Waals surface area contributed by atoms with Gasteiger partial charge in [0.05, 0.1) is 0 Å². The third-order valence-electron chi connectivity index (χ3n) is 3.48. The number of nitrogens with zero attached hydrogens (tertiary/aromatic N) is 1. The van der Waals surface area contributed by atoms with Gasteiger partial charge in [-0.15, -0.1) is 0 Å². The van der Waals surface area contributed by atoms with Gasteiger partial charge in [-0.3, -0.25) is 9.69 Å². The quantitative estimate of drug-likeness (QED) is 0.703. The highest BCUT2D eigenvalue weighted by Gasteiger charge is 2.31. The second-order valence-corrected chi connectivity index (χ2v) is 4.54. The molecule has 1 N–H and O–H groups in total. The van der Waals surface area contributed by atoms with E-state index in [-0.39, 0.29) is 6.04 Å². The summed E-state index contributed by atoms with van der Waals surface area (Å²) in [5.74, 6) is -0.0876. The molecule has 0 bridgehead atoms. The Kier molecular flexibility index (Phi) is 5.77. The van der Waals surface area contributed by atoms with Crippen molar-refractivity contribution in [3.8, 4) is 0 Å². The first kappa shape index (κ1) is 13.5. The van der Waals surface area contributed by atoms with Gasteiger partial charge in [-0.2, -0.15) is 0 Å². The van der Waals surface area contributed by atoms with Crippen LogP contribution in [0.2, 0.25) is 0 Å². The topological polar surface area (TPSA) is 49.8 Å². The summed E-state index contributed by atoms with van der Waals surface area (Å²) in [5, 5.41) is 9.21. The molecule has 1 fully saturated rings. The number of aliphatic carboxylic acids is 1. The van der Waals surface area contributed by atoms with E-state index in [0.29, 0.717) is 12.5 Å². The Bertz CT molecular complexity index is 218. The van der Waals surface area contributed by atoms with E-state index >= 15 is 0 Å². The summed E-state index contributed by atoms with van der Waals surface area (Å²) in [4.78, 5) is 13.3. The fraction of sp³-hybridized carbons (Fsp3) is 0.917. The van der Waals surface area contributed by atoms with Crippen LogP contribution >= 0.6 is 0 Å². The van der Waals surface area contributed by atoms with Gasteiger partial charge in [0.25, 0.3) is 0 Å². The first-order chi connectivity index (χ1) is 7.69. The van der Waals surface area contributed by atoms with Gasteiger partial charge < -0.3 is 9.84 Å². The maximum atomic E-state index is 11.2. The van der Waals surface area contributed by atoms with Crippen molar-refractivity contribution in [2.45, 2.75) is 38.6 Å². The van der Waals surface area contributed by atoms with Crippen molar-refractivity contribution in [1.82, 2.24) is 4.90 Å². The molecule has 0 aromatic carbocycles. The standard InChI is InChI=1S/C12H23NO3/c1-3-10-5-7-13(6-4-8-16-2)11(9-10)12(14)15/h10-11H,3-9H2,1-2H3,(H,14,15). The number of carboxylic acids is 1. The van der Waals surface area contributed by atoms with Crippen molar-refractivity contribution in [2.24, 2.45) is 5.92 Å². The number of likely N-dealkylation sites (tertiary alicyclic amines) is 1. The molecule has 0 saturated carbocycles. The van der Waals surface area contributed by atoms with Crippen molar-refractivity contribution in [3.05, 3.63) is 0 Å². The number of carbonyl (C=O) groups is 1. The smallest absolute Gasteiger partial charge is 0.320 e. The summed E-state index contributed by atoms with van der Waals surface area (Å²) in [6, 6.07) is -0.282. The van der Waals surface area contributed by atoms with Crippen LogP contribution in [0, 0.1) is 5.92 Å². The lowest BCUT2D eigenvalue weighted by Gasteiger charge is -2.36. The van der Waals surface area contributed by atoms with Gasteiger partial charge in [0.15, 0.2) is 0 Å². The average Bonchev–Trinajstić information content (AvgIpc) is 2.29.